The Kier molecular flexibility index (Phi) is 3.47. The van der Waals surface area contributed by atoms with Gasteiger partial charge in [-0.2, -0.15) is 29.8 Å². The summed E-state index contributed by atoms with van der Waals surface area (Å²) in [5, 5.41) is 12.3. The topological polar surface area (TPSA) is 41.6 Å². The molecule has 2 heterocycles. The second-order valence-electron chi connectivity index (χ2n) is 4.49. The molecular formula is C15H8F3N3S. The van der Waals surface area contributed by atoms with Crippen LogP contribution in [0.1, 0.15) is 11.3 Å². The van der Waals surface area contributed by atoms with Gasteiger partial charge in [-0.1, -0.05) is 0 Å². The van der Waals surface area contributed by atoms with Gasteiger partial charge in [0.2, 0.25) is 0 Å². The van der Waals surface area contributed by atoms with E-state index in [1.807, 2.05) is 6.07 Å². The number of thiophene rings is 1. The van der Waals surface area contributed by atoms with Gasteiger partial charge in [-0.15, -0.1) is 0 Å². The Balaban J connectivity index is 2.16. The normalized spacial score (nSPS) is 11.4. The second kappa shape index (κ2) is 5.31. The Morgan fingerprint density at radius 2 is 1.86 bits per heavy atom. The largest absolute Gasteiger partial charge is 0.434 e. The quantitative estimate of drug-likeness (QED) is 0.698. The highest BCUT2D eigenvalue weighted by atomic mass is 32.1. The molecule has 0 amide bonds. The second-order valence-corrected chi connectivity index (χ2v) is 5.27. The number of benzene rings is 1. The van der Waals surface area contributed by atoms with Gasteiger partial charge in [-0.25, -0.2) is 4.98 Å². The average molecular weight is 319 g/mol. The third-order valence-electron chi connectivity index (χ3n) is 3.05. The fourth-order valence-electron chi connectivity index (χ4n) is 2.01. The summed E-state index contributed by atoms with van der Waals surface area (Å²) in [6.07, 6.45) is -3.54. The molecule has 0 atom stereocenters. The summed E-state index contributed by atoms with van der Waals surface area (Å²) < 4.78 is 40.2. The lowest BCUT2D eigenvalue weighted by molar-refractivity contribution is -0.140. The van der Waals surface area contributed by atoms with Crippen molar-refractivity contribution in [1.29, 1.82) is 5.26 Å². The van der Waals surface area contributed by atoms with E-state index in [1.54, 1.807) is 41.1 Å². The van der Waals surface area contributed by atoms with Crippen molar-refractivity contribution in [1.82, 2.24) is 9.55 Å². The van der Waals surface area contributed by atoms with Crippen molar-refractivity contribution < 1.29 is 13.2 Å². The van der Waals surface area contributed by atoms with Gasteiger partial charge < -0.3 is 0 Å². The number of hydrogen-bond acceptors (Lipinski definition) is 3. The van der Waals surface area contributed by atoms with E-state index in [1.165, 1.54) is 15.9 Å². The molecule has 22 heavy (non-hydrogen) atoms. The maximum absolute atomic E-state index is 12.9. The summed E-state index contributed by atoms with van der Waals surface area (Å²) in [6, 6.07) is 9.99. The van der Waals surface area contributed by atoms with Crippen LogP contribution in [0, 0.1) is 11.3 Å². The van der Waals surface area contributed by atoms with Crippen LogP contribution in [0.3, 0.4) is 0 Å². The molecule has 0 radical (unpaired) electrons. The van der Waals surface area contributed by atoms with Gasteiger partial charge in [0, 0.05) is 22.8 Å². The molecule has 110 valence electrons. The summed E-state index contributed by atoms with van der Waals surface area (Å²) in [5.74, 6) is 0.221. The molecule has 0 N–H and O–H groups in total. The van der Waals surface area contributed by atoms with E-state index in [0.717, 1.165) is 6.20 Å². The van der Waals surface area contributed by atoms with Crippen LogP contribution < -0.4 is 0 Å². The standard InChI is InChI=1S/C15H8F3N3S/c16-15(17,18)13-8-21(12-3-1-10(7-19)2-4-12)14(20-13)11-5-6-22-9-11/h1-6,8-9H. The number of imidazole rings is 1. The van der Waals surface area contributed by atoms with Gasteiger partial charge in [0.15, 0.2) is 5.69 Å². The van der Waals surface area contributed by atoms with Crippen LogP contribution in [0.4, 0.5) is 13.2 Å². The van der Waals surface area contributed by atoms with Crippen LogP contribution in [-0.4, -0.2) is 9.55 Å². The Labute approximate surface area is 127 Å². The zero-order valence-electron chi connectivity index (χ0n) is 11.0. The highest BCUT2D eigenvalue weighted by Gasteiger charge is 2.35. The maximum atomic E-state index is 12.9. The zero-order chi connectivity index (χ0) is 15.7. The van der Waals surface area contributed by atoms with Crippen LogP contribution in [0.15, 0.2) is 47.3 Å². The Hall–Kier alpha value is -2.59. The molecule has 0 aliphatic rings. The third kappa shape index (κ3) is 2.61. The van der Waals surface area contributed by atoms with Crippen molar-refractivity contribution in [3.05, 3.63) is 58.5 Å². The third-order valence-corrected chi connectivity index (χ3v) is 3.73. The predicted octanol–water partition coefficient (Wildman–Crippen LogP) is 4.49. The predicted molar refractivity (Wildman–Crippen MR) is 76.6 cm³/mol. The number of rotatable bonds is 2. The van der Waals surface area contributed by atoms with Crippen LogP contribution in [0.5, 0.6) is 0 Å². The smallest absolute Gasteiger partial charge is 0.299 e. The van der Waals surface area contributed by atoms with Crippen molar-refractivity contribution in [2.24, 2.45) is 0 Å². The minimum atomic E-state index is -4.51. The fraction of sp³-hybridized carbons (Fsp3) is 0.0667. The minimum absolute atomic E-state index is 0.221. The number of hydrogen-bond donors (Lipinski definition) is 0. The van der Waals surface area contributed by atoms with Crippen molar-refractivity contribution in [2.45, 2.75) is 6.18 Å². The van der Waals surface area contributed by atoms with E-state index in [2.05, 4.69) is 4.98 Å². The first-order chi connectivity index (χ1) is 10.5. The van der Waals surface area contributed by atoms with Gasteiger partial charge in [-0.05, 0) is 35.7 Å². The van der Waals surface area contributed by atoms with Crippen molar-refractivity contribution in [3.63, 3.8) is 0 Å². The summed E-state index contributed by atoms with van der Waals surface area (Å²) >= 11 is 1.38. The van der Waals surface area contributed by atoms with Gasteiger partial charge in [0.25, 0.3) is 0 Å². The number of nitriles is 1. The lowest BCUT2D eigenvalue weighted by atomic mass is 10.2. The van der Waals surface area contributed by atoms with Gasteiger partial charge in [0.1, 0.15) is 5.82 Å². The van der Waals surface area contributed by atoms with Crippen molar-refractivity contribution in [3.8, 4) is 23.1 Å². The van der Waals surface area contributed by atoms with Crippen LogP contribution in [0.2, 0.25) is 0 Å². The Morgan fingerprint density at radius 3 is 2.41 bits per heavy atom. The first-order valence-electron chi connectivity index (χ1n) is 6.19. The van der Waals surface area contributed by atoms with Crippen molar-refractivity contribution >= 4 is 11.3 Å². The molecule has 0 bridgehead atoms. The Morgan fingerprint density at radius 1 is 1.14 bits per heavy atom. The van der Waals surface area contributed by atoms with E-state index in [4.69, 9.17) is 5.26 Å². The molecule has 7 heteroatoms. The van der Waals surface area contributed by atoms with Crippen LogP contribution in [0.25, 0.3) is 17.1 Å². The van der Waals surface area contributed by atoms with E-state index in [9.17, 15) is 13.2 Å². The highest BCUT2D eigenvalue weighted by molar-refractivity contribution is 7.08. The molecule has 0 aliphatic carbocycles. The van der Waals surface area contributed by atoms with Crippen LogP contribution in [-0.2, 0) is 6.18 Å². The molecule has 2 aromatic heterocycles. The van der Waals surface area contributed by atoms with E-state index < -0.39 is 11.9 Å². The van der Waals surface area contributed by atoms with Crippen molar-refractivity contribution in [2.75, 3.05) is 0 Å². The monoisotopic (exact) mass is 319 g/mol. The Bertz CT molecular complexity index is 825. The molecule has 0 spiro atoms. The summed E-state index contributed by atoms with van der Waals surface area (Å²) in [4.78, 5) is 3.72. The first kappa shape index (κ1) is 14.4. The number of halogens is 3. The number of alkyl halides is 3. The molecule has 0 saturated carbocycles. The van der Waals surface area contributed by atoms with E-state index in [-0.39, 0.29) is 5.82 Å². The molecule has 1 aromatic carbocycles. The summed E-state index contributed by atoms with van der Waals surface area (Å²) in [7, 11) is 0. The van der Waals surface area contributed by atoms with Gasteiger partial charge in [0.05, 0.1) is 11.6 Å². The lowest BCUT2D eigenvalue weighted by Gasteiger charge is -2.06. The average Bonchev–Trinajstić information content (AvgIpc) is 3.15. The van der Waals surface area contributed by atoms with E-state index in [0.29, 0.717) is 16.8 Å². The number of aromatic nitrogens is 2. The van der Waals surface area contributed by atoms with Crippen LogP contribution >= 0.6 is 11.3 Å². The van der Waals surface area contributed by atoms with Gasteiger partial charge >= 0.3 is 6.18 Å². The number of nitrogens with zero attached hydrogens (tertiary/aromatic N) is 3. The molecular weight excluding hydrogens is 311 g/mol. The molecule has 3 aromatic rings. The fourth-order valence-corrected chi connectivity index (χ4v) is 2.64. The first-order valence-corrected chi connectivity index (χ1v) is 7.13. The van der Waals surface area contributed by atoms with E-state index >= 15 is 0 Å². The maximum Gasteiger partial charge on any atom is 0.434 e. The minimum Gasteiger partial charge on any atom is -0.299 e. The SMILES string of the molecule is N#Cc1ccc(-n2cc(C(F)(F)F)nc2-c2ccsc2)cc1. The molecule has 0 fully saturated rings. The molecule has 3 nitrogen and oxygen atoms in total. The molecule has 3 rings (SSSR count). The summed E-state index contributed by atoms with van der Waals surface area (Å²) in [6.45, 7) is 0. The van der Waals surface area contributed by atoms with Gasteiger partial charge in [-0.3, -0.25) is 4.57 Å². The molecule has 0 unspecified atom stereocenters. The summed E-state index contributed by atoms with van der Waals surface area (Å²) in [5.41, 5.74) is 0.628. The zero-order valence-corrected chi connectivity index (χ0v) is 11.8. The highest BCUT2D eigenvalue weighted by Crippen LogP contribution is 2.33. The molecule has 0 aliphatic heterocycles. The molecule has 0 saturated heterocycles. The lowest BCUT2D eigenvalue weighted by Crippen LogP contribution is -2.04.